The van der Waals surface area contributed by atoms with E-state index in [1.54, 1.807) is 12.1 Å². The largest absolute Gasteiger partial charge is 0.494 e. The van der Waals surface area contributed by atoms with Crippen molar-refractivity contribution >= 4 is 21.4 Å². The van der Waals surface area contributed by atoms with Crippen molar-refractivity contribution in [1.82, 2.24) is 4.72 Å². The van der Waals surface area contributed by atoms with Crippen LogP contribution in [-0.2, 0) is 16.6 Å². The first-order chi connectivity index (χ1) is 10.1. The number of nitrogens with one attached hydrogen (secondary N) is 1. The van der Waals surface area contributed by atoms with Crippen molar-refractivity contribution in [3.63, 3.8) is 0 Å². The summed E-state index contributed by atoms with van der Waals surface area (Å²) in [4.78, 5) is 0.226. The number of benzene rings is 1. The van der Waals surface area contributed by atoms with Crippen LogP contribution in [0.1, 0.15) is 12.0 Å². The highest BCUT2D eigenvalue weighted by atomic mass is 32.2. The quantitative estimate of drug-likeness (QED) is 0.727. The number of sulfonamides is 1. The molecule has 0 spiro atoms. The topological polar surface area (TPSA) is 81.4 Å². The minimum absolute atomic E-state index is 0.226. The standard InChI is InChI=1S/C14H18N2O3S2/c15-7-1-8-19-13-2-4-14(5-3-13)21(17,18)16-10-12-6-9-20-11-12/h2-6,9,11,16H,1,7-8,10,15H2. The summed E-state index contributed by atoms with van der Waals surface area (Å²) in [7, 11) is -3.50. The third-order valence-corrected chi connectivity index (χ3v) is 4.95. The normalized spacial score (nSPS) is 11.5. The van der Waals surface area contributed by atoms with Crippen LogP contribution in [-0.4, -0.2) is 21.6 Å². The molecule has 0 saturated carbocycles. The van der Waals surface area contributed by atoms with E-state index >= 15 is 0 Å². The first kappa shape index (κ1) is 16.0. The minimum Gasteiger partial charge on any atom is -0.494 e. The Hall–Kier alpha value is -1.41. The zero-order valence-corrected chi connectivity index (χ0v) is 13.1. The molecule has 7 heteroatoms. The molecule has 2 aromatic rings. The van der Waals surface area contributed by atoms with Gasteiger partial charge in [-0.1, -0.05) is 0 Å². The Morgan fingerprint density at radius 3 is 2.57 bits per heavy atom. The van der Waals surface area contributed by atoms with Crippen molar-refractivity contribution in [2.24, 2.45) is 5.73 Å². The fourth-order valence-corrected chi connectivity index (χ4v) is 3.33. The molecule has 0 bridgehead atoms. The summed E-state index contributed by atoms with van der Waals surface area (Å²) >= 11 is 1.54. The van der Waals surface area contributed by atoms with Crippen LogP contribution in [0.4, 0.5) is 0 Å². The van der Waals surface area contributed by atoms with Crippen molar-refractivity contribution in [2.45, 2.75) is 17.9 Å². The molecule has 1 aromatic heterocycles. The van der Waals surface area contributed by atoms with Gasteiger partial charge < -0.3 is 10.5 Å². The van der Waals surface area contributed by atoms with Crippen molar-refractivity contribution in [3.8, 4) is 5.75 Å². The van der Waals surface area contributed by atoms with Crippen molar-refractivity contribution in [1.29, 1.82) is 0 Å². The third-order valence-electron chi connectivity index (χ3n) is 2.80. The average molecular weight is 326 g/mol. The van der Waals surface area contributed by atoms with Gasteiger partial charge in [0.2, 0.25) is 10.0 Å². The first-order valence-corrected chi connectivity index (χ1v) is 8.98. The lowest BCUT2D eigenvalue weighted by Crippen LogP contribution is -2.22. The van der Waals surface area contributed by atoms with E-state index in [-0.39, 0.29) is 4.90 Å². The highest BCUT2D eigenvalue weighted by Gasteiger charge is 2.13. The SMILES string of the molecule is NCCCOc1ccc(S(=O)(=O)NCc2ccsc2)cc1. The average Bonchev–Trinajstić information content (AvgIpc) is 3.00. The molecule has 0 radical (unpaired) electrons. The van der Waals surface area contributed by atoms with E-state index in [1.165, 1.54) is 23.5 Å². The molecule has 21 heavy (non-hydrogen) atoms. The Morgan fingerprint density at radius 2 is 1.95 bits per heavy atom. The lowest BCUT2D eigenvalue weighted by Gasteiger charge is -2.08. The molecule has 0 atom stereocenters. The summed E-state index contributed by atoms with van der Waals surface area (Å²) < 4.78 is 32.3. The third kappa shape index (κ3) is 4.82. The Morgan fingerprint density at radius 1 is 1.19 bits per heavy atom. The highest BCUT2D eigenvalue weighted by Crippen LogP contribution is 2.16. The fourth-order valence-electron chi connectivity index (χ4n) is 1.64. The molecule has 1 heterocycles. The van der Waals surface area contributed by atoms with Gasteiger partial charge in [-0.25, -0.2) is 13.1 Å². The van der Waals surface area contributed by atoms with Crippen LogP contribution in [0, 0.1) is 0 Å². The van der Waals surface area contributed by atoms with Crippen molar-refractivity contribution in [2.75, 3.05) is 13.2 Å². The number of nitrogens with two attached hydrogens (primary N) is 1. The monoisotopic (exact) mass is 326 g/mol. The second kappa shape index (κ2) is 7.56. The molecule has 0 unspecified atom stereocenters. The summed E-state index contributed by atoms with van der Waals surface area (Å²) in [6.07, 6.45) is 0.766. The Labute approximate surface area is 128 Å². The molecule has 3 N–H and O–H groups in total. The van der Waals surface area contributed by atoms with Gasteiger partial charge in [0.05, 0.1) is 11.5 Å². The van der Waals surface area contributed by atoms with Crippen LogP contribution in [0.15, 0.2) is 46.0 Å². The molecule has 0 aliphatic rings. The van der Waals surface area contributed by atoms with Gasteiger partial charge in [-0.15, -0.1) is 0 Å². The van der Waals surface area contributed by atoms with Crippen molar-refractivity contribution < 1.29 is 13.2 Å². The maximum Gasteiger partial charge on any atom is 0.240 e. The highest BCUT2D eigenvalue weighted by molar-refractivity contribution is 7.89. The summed E-state index contributed by atoms with van der Waals surface area (Å²) in [5.74, 6) is 0.639. The van der Waals surface area contributed by atoms with Gasteiger partial charge in [0.25, 0.3) is 0 Å². The number of hydrogen-bond acceptors (Lipinski definition) is 5. The van der Waals surface area contributed by atoms with Crippen LogP contribution < -0.4 is 15.2 Å². The molecule has 0 aliphatic heterocycles. The van der Waals surface area contributed by atoms with Crippen LogP contribution in [0.5, 0.6) is 5.75 Å². The van der Waals surface area contributed by atoms with Crippen LogP contribution in [0.3, 0.4) is 0 Å². The Kier molecular flexibility index (Phi) is 5.75. The summed E-state index contributed by atoms with van der Waals surface area (Å²) in [6, 6.07) is 8.26. The second-order valence-electron chi connectivity index (χ2n) is 4.42. The summed E-state index contributed by atoms with van der Waals surface area (Å²) in [6.45, 7) is 1.39. The van der Waals surface area contributed by atoms with E-state index in [0.717, 1.165) is 12.0 Å². The number of hydrogen-bond donors (Lipinski definition) is 2. The van der Waals surface area contributed by atoms with E-state index in [4.69, 9.17) is 10.5 Å². The molecule has 0 aliphatic carbocycles. The number of thiophene rings is 1. The molecule has 5 nitrogen and oxygen atoms in total. The minimum atomic E-state index is -3.50. The smallest absolute Gasteiger partial charge is 0.240 e. The molecular formula is C14H18N2O3S2. The van der Waals surface area contributed by atoms with Gasteiger partial charge in [0, 0.05) is 6.54 Å². The predicted octanol–water partition coefficient (Wildman–Crippen LogP) is 1.95. The Bertz CT molecular complexity index is 637. The second-order valence-corrected chi connectivity index (χ2v) is 6.97. The van der Waals surface area contributed by atoms with E-state index in [1.807, 2.05) is 16.8 Å². The zero-order chi connectivity index (χ0) is 15.1. The fraction of sp³-hybridized carbons (Fsp3) is 0.286. The van der Waals surface area contributed by atoms with E-state index < -0.39 is 10.0 Å². The van der Waals surface area contributed by atoms with Crippen molar-refractivity contribution in [3.05, 3.63) is 46.7 Å². The molecule has 114 valence electrons. The van der Waals surface area contributed by atoms with E-state index in [2.05, 4.69) is 4.72 Å². The molecular weight excluding hydrogens is 308 g/mol. The first-order valence-electron chi connectivity index (χ1n) is 6.55. The van der Waals surface area contributed by atoms with Crippen LogP contribution >= 0.6 is 11.3 Å². The predicted molar refractivity (Wildman–Crippen MR) is 84.0 cm³/mol. The lowest BCUT2D eigenvalue weighted by atomic mass is 10.3. The molecule has 2 rings (SSSR count). The molecule has 0 saturated heterocycles. The van der Waals surface area contributed by atoms with Gasteiger partial charge in [0.1, 0.15) is 5.75 Å². The van der Waals surface area contributed by atoms with Crippen LogP contribution in [0.2, 0.25) is 0 Å². The Balaban J connectivity index is 1.96. The maximum absolute atomic E-state index is 12.1. The van der Waals surface area contributed by atoms with Gasteiger partial charge >= 0.3 is 0 Å². The van der Waals surface area contributed by atoms with Crippen LogP contribution in [0.25, 0.3) is 0 Å². The molecule has 0 amide bonds. The summed E-state index contributed by atoms with van der Waals surface area (Å²) in [5.41, 5.74) is 6.33. The molecule has 1 aromatic carbocycles. The van der Waals surface area contributed by atoms with E-state index in [0.29, 0.717) is 25.4 Å². The summed E-state index contributed by atoms with van der Waals surface area (Å²) in [5, 5.41) is 3.83. The maximum atomic E-state index is 12.1. The van der Waals surface area contributed by atoms with Gasteiger partial charge in [-0.2, -0.15) is 11.3 Å². The molecule has 0 fully saturated rings. The lowest BCUT2D eigenvalue weighted by molar-refractivity contribution is 0.313. The number of ether oxygens (including phenoxy) is 1. The van der Waals surface area contributed by atoms with Gasteiger partial charge in [-0.3, -0.25) is 0 Å². The van der Waals surface area contributed by atoms with Gasteiger partial charge in [0.15, 0.2) is 0 Å². The number of rotatable bonds is 8. The van der Waals surface area contributed by atoms with Gasteiger partial charge in [-0.05, 0) is 59.6 Å². The zero-order valence-electron chi connectivity index (χ0n) is 11.5. The van der Waals surface area contributed by atoms with E-state index in [9.17, 15) is 8.42 Å².